The molecule has 3 heterocycles. The molecule has 0 N–H and O–H groups in total. The number of hydrogen-bond acceptors (Lipinski definition) is 5. The Bertz CT molecular complexity index is 660. The predicted molar refractivity (Wildman–Crippen MR) is 80.0 cm³/mol. The SMILES string of the molecule is COc1ncnc2c1nc(CCCl)n2C1(C)CCOC1C. The number of hydrogen-bond donors (Lipinski definition) is 0. The molecule has 6 nitrogen and oxygen atoms in total. The zero-order valence-electron chi connectivity index (χ0n) is 12.5. The summed E-state index contributed by atoms with van der Waals surface area (Å²) in [6, 6.07) is 0. The number of aromatic nitrogens is 4. The van der Waals surface area contributed by atoms with E-state index in [1.807, 2.05) is 0 Å². The maximum absolute atomic E-state index is 5.95. The fourth-order valence-electron chi connectivity index (χ4n) is 2.97. The smallest absolute Gasteiger partial charge is 0.245 e. The quantitative estimate of drug-likeness (QED) is 0.810. The van der Waals surface area contributed by atoms with E-state index >= 15 is 0 Å². The third-order valence-electron chi connectivity index (χ3n) is 4.35. The summed E-state index contributed by atoms with van der Waals surface area (Å²) in [7, 11) is 1.59. The van der Waals surface area contributed by atoms with Crippen molar-refractivity contribution < 1.29 is 9.47 Å². The van der Waals surface area contributed by atoms with Crippen LogP contribution in [-0.2, 0) is 16.7 Å². The van der Waals surface area contributed by atoms with Gasteiger partial charge in [-0.15, -0.1) is 11.6 Å². The van der Waals surface area contributed by atoms with Crippen molar-refractivity contribution in [1.82, 2.24) is 19.5 Å². The molecule has 0 aliphatic carbocycles. The molecule has 2 unspecified atom stereocenters. The van der Waals surface area contributed by atoms with Gasteiger partial charge >= 0.3 is 0 Å². The Morgan fingerprint density at radius 2 is 2.33 bits per heavy atom. The lowest BCUT2D eigenvalue weighted by atomic mass is 9.94. The van der Waals surface area contributed by atoms with Gasteiger partial charge in [-0.3, -0.25) is 0 Å². The van der Waals surface area contributed by atoms with Gasteiger partial charge in [-0.25, -0.2) is 9.97 Å². The number of methoxy groups -OCH3 is 1. The van der Waals surface area contributed by atoms with E-state index in [1.54, 1.807) is 7.11 Å². The average molecular weight is 311 g/mol. The first kappa shape index (κ1) is 14.5. The topological polar surface area (TPSA) is 62.1 Å². The Balaban J connectivity index is 2.26. The number of imidazole rings is 1. The molecule has 0 radical (unpaired) electrons. The van der Waals surface area contributed by atoms with Gasteiger partial charge in [0.2, 0.25) is 5.88 Å². The first-order chi connectivity index (χ1) is 10.1. The summed E-state index contributed by atoms with van der Waals surface area (Å²) in [5.74, 6) is 1.90. The van der Waals surface area contributed by atoms with E-state index in [0.717, 1.165) is 24.5 Å². The van der Waals surface area contributed by atoms with Gasteiger partial charge in [0.15, 0.2) is 11.2 Å². The molecule has 0 amide bonds. The molecule has 114 valence electrons. The van der Waals surface area contributed by atoms with Crippen molar-refractivity contribution in [2.24, 2.45) is 0 Å². The summed E-state index contributed by atoms with van der Waals surface area (Å²) in [6.45, 7) is 5.00. The van der Waals surface area contributed by atoms with E-state index in [2.05, 4.69) is 33.4 Å². The summed E-state index contributed by atoms with van der Waals surface area (Å²) >= 11 is 5.95. The summed E-state index contributed by atoms with van der Waals surface area (Å²) < 4.78 is 13.2. The van der Waals surface area contributed by atoms with E-state index in [1.165, 1.54) is 6.33 Å². The normalized spacial score (nSPS) is 25.6. The van der Waals surface area contributed by atoms with Crippen LogP contribution in [0.2, 0.25) is 0 Å². The number of nitrogens with zero attached hydrogens (tertiary/aromatic N) is 4. The molecule has 7 heteroatoms. The van der Waals surface area contributed by atoms with Crippen molar-refractivity contribution in [3.63, 3.8) is 0 Å². The summed E-state index contributed by atoms with van der Waals surface area (Å²) in [6.07, 6.45) is 3.18. The van der Waals surface area contributed by atoms with E-state index in [4.69, 9.17) is 21.1 Å². The van der Waals surface area contributed by atoms with Crippen LogP contribution in [0.1, 0.15) is 26.1 Å². The number of rotatable bonds is 4. The maximum atomic E-state index is 5.95. The van der Waals surface area contributed by atoms with E-state index in [0.29, 0.717) is 23.7 Å². The van der Waals surface area contributed by atoms with Crippen molar-refractivity contribution in [3.8, 4) is 5.88 Å². The highest BCUT2D eigenvalue weighted by Gasteiger charge is 2.41. The molecule has 2 aromatic rings. The van der Waals surface area contributed by atoms with Crippen LogP contribution in [0.3, 0.4) is 0 Å². The zero-order chi connectivity index (χ0) is 15.0. The lowest BCUT2D eigenvalue weighted by Gasteiger charge is -2.31. The second-order valence-corrected chi connectivity index (χ2v) is 5.86. The predicted octanol–water partition coefficient (Wildman–Crippen LogP) is 2.14. The monoisotopic (exact) mass is 310 g/mol. The Morgan fingerprint density at radius 3 is 2.95 bits per heavy atom. The molecule has 2 aromatic heterocycles. The van der Waals surface area contributed by atoms with Gasteiger partial charge < -0.3 is 14.0 Å². The molecule has 1 saturated heterocycles. The molecule has 1 fully saturated rings. The fourth-order valence-corrected chi connectivity index (χ4v) is 3.14. The first-order valence-electron chi connectivity index (χ1n) is 7.06. The largest absolute Gasteiger partial charge is 0.479 e. The van der Waals surface area contributed by atoms with Crippen LogP contribution in [0.15, 0.2) is 6.33 Å². The molecule has 0 saturated carbocycles. The third kappa shape index (κ3) is 2.17. The number of alkyl halides is 1. The average Bonchev–Trinajstić information content (AvgIpc) is 3.00. The Kier molecular flexibility index (Phi) is 3.75. The lowest BCUT2D eigenvalue weighted by Crippen LogP contribution is -2.38. The molecular weight excluding hydrogens is 292 g/mol. The number of fused-ring (bicyclic) bond motifs is 1. The first-order valence-corrected chi connectivity index (χ1v) is 7.59. The molecule has 3 rings (SSSR count). The Labute approximate surface area is 128 Å². The van der Waals surface area contributed by atoms with E-state index in [9.17, 15) is 0 Å². The van der Waals surface area contributed by atoms with Gasteiger partial charge in [0.25, 0.3) is 0 Å². The van der Waals surface area contributed by atoms with Gasteiger partial charge in [-0.1, -0.05) is 0 Å². The Morgan fingerprint density at radius 1 is 1.52 bits per heavy atom. The minimum absolute atomic E-state index is 0.0879. The van der Waals surface area contributed by atoms with Crippen LogP contribution in [0, 0.1) is 0 Å². The van der Waals surface area contributed by atoms with Gasteiger partial charge in [0.05, 0.1) is 18.8 Å². The van der Waals surface area contributed by atoms with Crippen molar-refractivity contribution in [2.75, 3.05) is 19.6 Å². The van der Waals surface area contributed by atoms with Crippen LogP contribution in [0.5, 0.6) is 5.88 Å². The molecule has 1 aliphatic rings. The number of halogens is 1. The minimum Gasteiger partial charge on any atom is -0.479 e. The molecule has 0 bridgehead atoms. The van der Waals surface area contributed by atoms with E-state index < -0.39 is 0 Å². The highest BCUT2D eigenvalue weighted by molar-refractivity contribution is 6.17. The second kappa shape index (κ2) is 5.42. The van der Waals surface area contributed by atoms with Crippen molar-refractivity contribution >= 4 is 22.8 Å². The number of aryl methyl sites for hydroxylation is 1. The van der Waals surface area contributed by atoms with Crippen LogP contribution in [0.25, 0.3) is 11.2 Å². The standard InChI is InChI=1S/C14H19ClN4O2/c1-9-14(2,5-7-21-9)19-10(4-6-15)18-11-12(19)16-8-17-13(11)20-3/h8-9H,4-7H2,1-3H3. The van der Waals surface area contributed by atoms with Crippen molar-refractivity contribution in [2.45, 2.75) is 38.3 Å². The minimum atomic E-state index is -0.185. The highest BCUT2D eigenvalue weighted by atomic mass is 35.5. The van der Waals surface area contributed by atoms with Crippen LogP contribution in [-0.4, -0.2) is 45.2 Å². The van der Waals surface area contributed by atoms with Crippen LogP contribution < -0.4 is 4.74 Å². The third-order valence-corrected chi connectivity index (χ3v) is 4.54. The molecule has 0 spiro atoms. The molecular formula is C14H19ClN4O2. The summed E-state index contributed by atoms with van der Waals surface area (Å²) in [5.41, 5.74) is 1.28. The lowest BCUT2D eigenvalue weighted by molar-refractivity contribution is 0.0762. The summed E-state index contributed by atoms with van der Waals surface area (Å²) in [4.78, 5) is 13.2. The molecule has 1 aliphatic heterocycles. The van der Waals surface area contributed by atoms with Gasteiger partial charge in [0, 0.05) is 18.9 Å². The van der Waals surface area contributed by atoms with Gasteiger partial charge in [-0.05, 0) is 20.3 Å². The van der Waals surface area contributed by atoms with Crippen molar-refractivity contribution in [3.05, 3.63) is 12.2 Å². The van der Waals surface area contributed by atoms with Crippen LogP contribution in [0.4, 0.5) is 0 Å². The van der Waals surface area contributed by atoms with Gasteiger partial charge in [-0.2, -0.15) is 4.98 Å². The fraction of sp³-hybridized carbons (Fsp3) is 0.643. The Hall–Kier alpha value is -1.40. The van der Waals surface area contributed by atoms with E-state index in [-0.39, 0.29) is 11.6 Å². The molecule has 0 aromatic carbocycles. The summed E-state index contributed by atoms with van der Waals surface area (Å²) in [5, 5.41) is 0. The van der Waals surface area contributed by atoms with Crippen molar-refractivity contribution in [1.29, 1.82) is 0 Å². The highest BCUT2D eigenvalue weighted by Crippen LogP contribution is 2.37. The molecule has 21 heavy (non-hydrogen) atoms. The second-order valence-electron chi connectivity index (χ2n) is 5.48. The van der Waals surface area contributed by atoms with Gasteiger partial charge in [0.1, 0.15) is 12.2 Å². The number of ether oxygens (including phenoxy) is 2. The zero-order valence-corrected chi connectivity index (χ0v) is 13.2. The maximum Gasteiger partial charge on any atom is 0.245 e. The van der Waals surface area contributed by atoms with Crippen LogP contribution >= 0.6 is 11.6 Å². The molecule has 2 atom stereocenters.